The molecule has 3 aliphatic heterocycles. The first-order valence-electron chi connectivity index (χ1n) is 12.5. The Morgan fingerprint density at radius 1 is 1.32 bits per heavy atom. The van der Waals surface area contributed by atoms with Gasteiger partial charge in [0.2, 0.25) is 0 Å². The molecule has 12 heteroatoms. The number of carbonyl (C=O) groups excluding carboxylic acids is 2. The van der Waals surface area contributed by atoms with Crippen LogP contribution in [0, 0.1) is 0 Å². The Morgan fingerprint density at radius 2 is 2.16 bits per heavy atom. The van der Waals surface area contributed by atoms with Crippen molar-refractivity contribution in [3.05, 3.63) is 36.2 Å². The van der Waals surface area contributed by atoms with Gasteiger partial charge >= 0.3 is 6.03 Å². The number of amides is 3. The van der Waals surface area contributed by atoms with E-state index in [1.165, 1.54) is 0 Å². The highest BCUT2D eigenvalue weighted by Crippen LogP contribution is 2.39. The summed E-state index contributed by atoms with van der Waals surface area (Å²) in [6.07, 6.45) is 2.19. The van der Waals surface area contributed by atoms with Crippen molar-refractivity contribution in [2.24, 2.45) is 5.73 Å². The van der Waals surface area contributed by atoms with Crippen LogP contribution in [0.15, 0.2) is 30.5 Å². The molecule has 0 unspecified atom stereocenters. The third-order valence-corrected chi connectivity index (χ3v) is 6.46. The largest absolute Gasteiger partial charge is 0.491 e. The van der Waals surface area contributed by atoms with Crippen LogP contribution in [-0.2, 0) is 9.47 Å². The Balaban J connectivity index is 1.30. The van der Waals surface area contributed by atoms with Crippen LogP contribution >= 0.6 is 0 Å². The topological polar surface area (TPSA) is 144 Å². The molecule has 0 saturated carbocycles. The summed E-state index contributed by atoms with van der Waals surface area (Å²) in [6.45, 7) is 8.14. The maximum atomic E-state index is 13.5. The van der Waals surface area contributed by atoms with E-state index >= 15 is 0 Å². The van der Waals surface area contributed by atoms with E-state index in [1.807, 2.05) is 26.8 Å². The first-order valence-corrected chi connectivity index (χ1v) is 12.5. The highest BCUT2D eigenvalue weighted by atomic mass is 16.7. The van der Waals surface area contributed by atoms with Gasteiger partial charge in [0.15, 0.2) is 11.6 Å². The number of nitrogens with one attached hydrogen (secondary N) is 2. The van der Waals surface area contributed by atoms with Gasteiger partial charge in [0.05, 0.1) is 18.3 Å². The summed E-state index contributed by atoms with van der Waals surface area (Å²) in [7, 11) is 0. The Morgan fingerprint density at radius 3 is 2.92 bits per heavy atom. The fourth-order valence-electron chi connectivity index (χ4n) is 4.72. The third-order valence-electron chi connectivity index (χ3n) is 6.46. The summed E-state index contributed by atoms with van der Waals surface area (Å²) in [5, 5.41) is 5.64. The molecule has 12 nitrogen and oxygen atoms in total. The van der Waals surface area contributed by atoms with Crippen molar-refractivity contribution < 1.29 is 23.8 Å². The number of hydrogen-bond donors (Lipinski definition) is 3. The molecule has 4 N–H and O–H groups in total. The molecule has 3 amide bonds. The van der Waals surface area contributed by atoms with Crippen molar-refractivity contribution >= 4 is 29.3 Å². The van der Waals surface area contributed by atoms with Crippen LogP contribution in [0.4, 0.5) is 22.1 Å². The van der Waals surface area contributed by atoms with Crippen LogP contribution in [-0.4, -0.2) is 78.7 Å². The number of nitrogens with zero attached hydrogens (tertiary/aromatic N) is 4. The normalized spacial score (nSPS) is 22.4. The van der Waals surface area contributed by atoms with Gasteiger partial charge in [-0.2, -0.15) is 0 Å². The molecule has 3 atom stereocenters. The molecule has 2 saturated heterocycles. The van der Waals surface area contributed by atoms with Gasteiger partial charge in [0, 0.05) is 37.9 Å². The van der Waals surface area contributed by atoms with Gasteiger partial charge < -0.3 is 30.2 Å². The molecule has 5 heterocycles. The van der Waals surface area contributed by atoms with E-state index in [1.54, 1.807) is 29.3 Å². The molecular formula is C25H33N7O5. The highest BCUT2D eigenvalue weighted by molar-refractivity contribution is 6.05. The van der Waals surface area contributed by atoms with E-state index in [2.05, 4.69) is 25.5 Å². The van der Waals surface area contributed by atoms with Crippen molar-refractivity contribution in [2.75, 3.05) is 48.0 Å². The number of urea groups is 1. The number of hydrogen-bond acceptors (Lipinski definition) is 9. The van der Waals surface area contributed by atoms with E-state index in [9.17, 15) is 9.59 Å². The number of carbonyl (C=O) groups is 2. The summed E-state index contributed by atoms with van der Waals surface area (Å²) in [5.41, 5.74) is 6.80. The SMILES string of the molecule is C[C@H](N)CNC(=O)c1ccc2c(n1)N(C(=O)Nc1cc(OC[C@H]3COC(C)(C)O3)ccn1)[C@H]1CCN2C1. The summed E-state index contributed by atoms with van der Waals surface area (Å²) in [6, 6.07) is 6.29. The second-order valence-corrected chi connectivity index (χ2v) is 10.1. The van der Waals surface area contributed by atoms with Gasteiger partial charge in [-0.3, -0.25) is 15.0 Å². The summed E-state index contributed by atoms with van der Waals surface area (Å²) >= 11 is 0. The average molecular weight is 512 g/mol. The van der Waals surface area contributed by atoms with Crippen LogP contribution in [0.25, 0.3) is 0 Å². The van der Waals surface area contributed by atoms with Crippen molar-refractivity contribution in [2.45, 2.75) is 51.2 Å². The van der Waals surface area contributed by atoms with E-state index in [0.29, 0.717) is 43.7 Å². The van der Waals surface area contributed by atoms with Gasteiger partial charge in [-0.1, -0.05) is 0 Å². The minimum atomic E-state index is -0.622. The molecule has 2 bridgehead atoms. The number of anilines is 3. The molecule has 2 fully saturated rings. The minimum absolute atomic E-state index is 0.0651. The molecule has 3 aliphatic rings. The van der Waals surface area contributed by atoms with Crippen LogP contribution in [0.2, 0.25) is 0 Å². The standard InChI is InChI=1S/C25H33N7O5/c1-15(26)11-28-23(33)19-4-5-20-22(29-19)32(16-7-9-31(20)12-16)24(34)30-21-10-17(6-8-27-21)35-13-18-14-36-25(2,3)37-18/h4-6,8,10,15-16,18H,7,9,11-14,26H2,1-3H3,(H,28,33)(H,27,30,34)/t15-,16-,18-/m0/s1. The van der Waals surface area contributed by atoms with E-state index in [4.69, 9.17) is 19.9 Å². The third kappa shape index (κ3) is 5.60. The molecule has 0 aliphatic carbocycles. The monoisotopic (exact) mass is 511 g/mol. The van der Waals surface area contributed by atoms with E-state index < -0.39 is 5.79 Å². The van der Waals surface area contributed by atoms with Gasteiger partial charge in [0.1, 0.15) is 30.0 Å². The van der Waals surface area contributed by atoms with Gasteiger partial charge in [0.25, 0.3) is 5.91 Å². The molecule has 0 spiro atoms. The number of fused-ring (bicyclic) bond motifs is 4. The zero-order valence-electron chi connectivity index (χ0n) is 21.3. The maximum absolute atomic E-state index is 13.5. The predicted molar refractivity (Wildman–Crippen MR) is 137 cm³/mol. The second-order valence-electron chi connectivity index (χ2n) is 10.1. The molecule has 2 aromatic rings. The number of pyridine rings is 2. The summed E-state index contributed by atoms with van der Waals surface area (Å²) in [4.78, 5) is 38.8. The average Bonchev–Trinajstić information content (AvgIpc) is 3.44. The molecule has 5 rings (SSSR count). The number of aromatic nitrogens is 2. The second kappa shape index (κ2) is 10.1. The lowest BCUT2D eigenvalue weighted by atomic mass is 10.1. The van der Waals surface area contributed by atoms with E-state index in [-0.39, 0.29) is 35.8 Å². The lowest BCUT2D eigenvalue weighted by Gasteiger charge is -2.35. The number of ether oxygens (including phenoxy) is 3. The zero-order chi connectivity index (χ0) is 26.2. The van der Waals surface area contributed by atoms with Crippen molar-refractivity contribution in [3.8, 4) is 5.75 Å². The summed E-state index contributed by atoms with van der Waals surface area (Å²) < 4.78 is 17.2. The number of rotatable bonds is 7. The van der Waals surface area contributed by atoms with Gasteiger partial charge in [-0.05, 0) is 45.4 Å². The molecule has 37 heavy (non-hydrogen) atoms. The van der Waals surface area contributed by atoms with Crippen molar-refractivity contribution in [1.82, 2.24) is 15.3 Å². The molecule has 198 valence electrons. The summed E-state index contributed by atoms with van der Waals surface area (Å²) in [5.74, 6) is 0.395. The zero-order valence-corrected chi connectivity index (χ0v) is 21.3. The maximum Gasteiger partial charge on any atom is 0.329 e. The Labute approximate surface area is 215 Å². The Bertz CT molecular complexity index is 1170. The predicted octanol–water partition coefficient (Wildman–Crippen LogP) is 1.71. The first-order chi connectivity index (χ1) is 17.7. The highest BCUT2D eigenvalue weighted by Gasteiger charge is 2.40. The van der Waals surface area contributed by atoms with Gasteiger partial charge in [-0.25, -0.2) is 14.8 Å². The molecule has 2 aromatic heterocycles. The fraction of sp³-hybridized carbons (Fsp3) is 0.520. The first kappa shape index (κ1) is 25.2. The Kier molecular flexibility index (Phi) is 6.88. The smallest absolute Gasteiger partial charge is 0.329 e. The molecular weight excluding hydrogens is 478 g/mol. The van der Waals surface area contributed by atoms with Crippen molar-refractivity contribution in [1.29, 1.82) is 0 Å². The minimum Gasteiger partial charge on any atom is -0.491 e. The van der Waals surface area contributed by atoms with Crippen LogP contribution in [0.5, 0.6) is 5.75 Å². The molecule has 0 aromatic carbocycles. The number of nitrogens with two attached hydrogens (primary N) is 1. The van der Waals surface area contributed by atoms with Crippen LogP contribution < -0.4 is 30.9 Å². The molecule has 0 radical (unpaired) electrons. The van der Waals surface area contributed by atoms with Crippen LogP contribution in [0.1, 0.15) is 37.7 Å². The van der Waals surface area contributed by atoms with Gasteiger partial charge in [-0.15, -0.1) is 0 Å². The van der Waals surface area contributed by atoms with E-state index in [0.717, 1.165) is 18.7 Å². The van der Waals surface area contributed by atoms with Crippen molar-refractivity contribution in [3.63, 3.8) is 0 Å². The lowest BCUT2D eigenvalue weighted by molar-refractivity contribution is -0.141. The van der Waals surface area contributed by atoms with Crippen LogP contribution in [0.3, 0.4) is 0 Å². The Hall–Kier alpha value is -3.48. The fourth-order valence-corrected chi connectivity index (χ4v) is 4.72. The lowest BCUT2D eigenvalue weighted by Crippen LogP contribution is -2.48. The quantitative estimate of drug-likeness (QED) is 0.506.